The van der Waals surface area contributed by atoms with Crippen LogP contribution in [0.15, 0.2) is 24.4 Å². The quantitative estimate of drug-likeness (QED) is 0.572. The standard InChI is InChI=1S/C21H32N2O5/c1-5-23(12(2)3)10-9-14-11-22-17-15(14)7-6-8-16(17)28-21-20(26)19(25)18(24)13(4)27-21/h6-8,11-13,18-22,24-26H,5,9-10H2,1-4H3. The molecule has 0 amide bonds. The molecule has 5 unspecified atom stereocenters. The second-order valence-electron chi connectivity index (χ2n) is 7.76. The second-order valence-corrected chi connectivity index (χ2v) is 7.76. The summed E-state index contributed by atoms with van der Waals surface area (Å²) in [5.41, 5.74) is 2.03. The Labute approximate surface area is 165 Å². The molecule has 1 saturated heterocycles. The third-order valence-corrected chi connectivity index (χ3v) is 5.62. The van der Waals surface area contributed by atoms with Gasteiger partial charge in [0.2, 0.25) is 6.29 Å². The van der Waals surface area contributed by atoms with Gasteiger partial charge in [0, 0.05) is 24.2 Å². The van der Waals surface area contributed by atoms with Crippen LogP contribution in [0.3, 0.4) is 0 Å². The smallest absolute Gasteiger partial charge is 0.229 e. The van der Waals surface area contributed by atoms with Gasteiger partial charge in [0.25, 0.3) is 0 Å². The van der Waals surface area contributed by atoms with Gasteiger partial charge in [-0.1, -0.05) is 19.1 Å². The predicted molar refractivity (Wildman–Crippen MR) is 107 cm³/mol. The third-order valence-electron chi connectivity index (χ3n) is 5.62. The van der Waals surface area contributed by atoms with Crippen molar-refractivity contribution in [3.63, 3.8) is 0 Å². The zero-order valence-corrected chi connectivity index (χ0v) is 17.0. The average Bonchev–Trinajstić information content (AvgIpc) is 3.09. The average molecular weight is 392 g/mol. The lowest BCUT2D eigenvalue weighted by molar-refractivity contribution is -0.267. The molecule has 0 bridgehead atoms. The van der Waals surface area contributed by atoms with E-state index < -0.39 is 30.7 Å². The number of nitrogens with one attached hydrogen (secondary N) is 1. The first-order chi connectivity index (χ1) is 13.3. The second kappa shape index (κ2) is 8.80. The summed E-state index contributed by atoms with van der Waals surface area (Å²) in [6.45, 7) is 10.2. The minimum atomic E-state index is -1.33. The molecule has 1 aliphatic rings. The number of hydrogen-bond donors (Lipinski definition) is 4. The van der Waals surface area contributed by atoms with Crippen LogP contribution < -0.4 is 4.74 Å². The van der Waals surface area contributed by atoms with E-state index in [2.05, 4.69) is 30.7 Å². The molecule has 28 heavy (non-hydrogen) atoms. The monoisotopic (exact) mass is 392 g/mol. The van der Waals surface area contributed by atoms with E-state index in [1.807, 2.05) is 18.3 Å². The fourth-order valence-corrected chi connectivity index (χ4v) is 3.77. The first-order valence-corrected chi connectivity index (χ1v) is 10.0. The van der Waals surface area contributed by atoms with Gasteiger partial charge in [-0.25, -0.2) is 0 Å². The maximum atomic E-state index is 10.2. The Bertz CT molecular complexity index is 777. The molecule has 3 rings (SSSR count). The topological polar surface area (TPSA) is 98.2 Å². The highest BCUT2D eigenvalue weighted by atomic mass is 16.7. The summed E-state index contributed by atoms with van der Waals surface area (Å²) in [5, 5.41) is 31.1. The highest BCUT2D eigenvalue weighted by Crippen LogP contribution is 2.31. The number of aliphatic hydroxyl groups is 3. The molecule has 1 fully saturated rings. The summed E-state index contributed by atoms with van der Waals surface area (Å²) in [6, 6.07) is 6.24. The van der Waals surface area contributed by atoms with Crippen molar-refractivity contribution in [1.82, 2.24) is 9.88 Å². The number of fused-ring (bicyclic) bond motifs is 1. The van der Waals surface area contributed by atoms with E-state index in [9.17, 15) is 15.3 Å². The van der Waals surface area contributed by atoms with Crippen LogP contribution in [0.2, 0.25) is 0 Å². The van der Waals surface area contributed by atoms with Crippen molar-refractivity contribution >= 4 is 10.9 Å². The molecule has 7 heteroatoms. The van der Waals surface area contributed by atoms with E-state index in [1.54, 1.807) is 13.0 Å². The number of hydrogen-bond acceptors (Lipinski definition) is 6. The number of H-pyrrole nitrogens is 1. The van der Waals surface area contributed by atoms with E-state index >= 15 is 0 Å². The Kier molecular flexibility index (Phi) is 6.62. The van der Waals surface area contributed by atoms with Crippen molar-refractivity contribution in [2.45, 2.75) is 70.9 Å². The van der Waals surface area contributed by atoms with Crippen molar-refractivity contribution in [3.05, 3.63) is 30.0 Å². The molecule has 5 atom stereocenters. The Morgan fingerprint density at radius 2 is 1.93 bits per heavy atom. The number of benzene rings is 1. The molecule has 0 radical (unpaired) electrons. The van der Waals surface area contributed by atoms with Gasteiger partial charge in [-0.2, -0.15) is 0 Å². The Morgan fingerprint density at radius 1 is 1.18 bits per heavy atom. The number of para-hydroxylation sites is 1. The van der Waals surface area contributed by atoms with Gasteiger partial charge in [-0.3, -0.25) is 0 Å². The fourth-order valence-electron chi connectivity index (χ4n) is 3.77. The Balaban J connectivity index is 1.77. The minimum Gasteiger partial charge on any atom is -0.460 e. The molecular weight excluding hydrogens is 360 g/mol. The number of aromatic amines is 1. The molecule has 2 heterocycles. The summed E-state index contributed by atoms with van der Waals surface area (Å²) in [6.07, 6.45) is -2.58. The number of aliphatic hydroxyl groups excluding tert-OH is 3. The molecule has 2 aromatic rings. The van der Waals surface area contributed by atoms with Crippen LogP contribution >= 0.6 is 0 Å². The third kappa shape index (κ3) is 4.18. The number of nitrogens with zero attached hydrogens (tertiary/aromatic N) is 1. The molecule has 7 nitrogen and oxygen atoms in total. The van der Waals surface area contributed by atoms with Crippen LogP contribution in [0.1, 0.15) is 33.3 Å². The van der Waals surface area contributed by atoms with Crippen LogP contribution in [0, 0.1) is 0 Å². The zero-order valence-electron chi connectivity index (χ0n) is 17.0. The zero-order chi connectivity index (χ0) is 20.4. The van der Waals surface area contributed by atoms with Crippen LogP contribution in [0.5, 0.6) is 5.75 Å². The molecule has 156 valence electrons. The first-order valence-electron chi connectivity index (χ1n) is 10.0. The lowest BCUT2D eigenvalue weighted by atomic mass is 10.00. The van der Waals surface area contributed by atoms with Gasteiger partial charge in [-0.05, 0) is 45.4 Å². The van der Waals surface area contributed by atoms with Gasteiger partial charge < -0.3 is 34.7 Å². The maximum absolute atomic E-state index is 10.2. The van der Waals surface area contributed by atoms with E-state index in [0.29, 0.717) is 11.8 Å². The van der Waals surface area contributed by atoms with Gasteiger partial charge in [0.05, 0.1) is 11.6 Å². The highest BCUT2D eigenvalue weighted by molar-refractivity contribution is 5.88. The number of aromatic nitrogens is 1. The Morgan fingerprint density at radius 3 is 2.61 bits per heavy atom. The van der Waals surface area contributed by atoms with Gasteiger partial charge in [-0.15, -0.1) is 0 Å². The van der Waals surface area contributed by atoms with E-state index in [1.165, 1.54) is 5.56 Å². The fraction of sp³-hybridized carbons (Fsp3) is 0.619. The predicted octanol–water partition coefficient (Wildman–Crippen LogP) is 1.65. The summed E-state index contributed by atoms with van der Waals surface area (Å²) >= 11 is 0. The summed E-state index contributed by atoms with van der Waals surface area (Å²) in [7, 11) is 0. The van der Waals surface area contributed by atoms with Crippen LogP contribution in [-0.4, -0.2) is 75.0 Å². The maximum Gasteiger partial charge on any atom is 0.229 e. The molecule has 0 saturated carbocycles. The summed E-state index contributed by atoms with van der Waals surface area (Å²) < 4.78 is 11.4. The summed E-state index contributed by atoms with van der Waals surface area (Å²) in [4.78, 5) is 5.69. The lowest BCUT2D eigenvalue weighted by Crippen LogP contribution is -2.58. The molecule has 1 aliphatic heterocycles. The van der Waals surface area contributed by atoms with Crippen LogP contribution in [-0.2, 0) is 11.2 Å². The van der Waals surface area contributed by atoms with Crippen LogP contribution in [0.25, 0.3) is 10.9 Å². The van der Waals surface area contributed by atoms with Crippen molar-refractivity contribution in [2.75, 3.05) is 13.1 Å². The van der Waals surface area contributed by atoms with Crippen molar-refractivity contribution in [1.29, 1.82) is 0 Å². The molecule has 4 N–H and O–H groups in total. The van der Waals surface area contributed by atoms with E-state index in [0.717, 1.165) is 30.4 Å². The van der Waals surface area contributed by atoms with E-state index in [-0.39, 0.29) is 0 Å². The largest absolute Gasteiger partial charge is 0.460 e. The Hall–Kier alpha value is -1.64. The molecule has 0 spiro atoms. The van der Waals surface area contributed by atoms with Crippen molar-refractivity contribution in [3.8, 4) is 5.75 Å². The minimum absolute atomic E-state index is 0.503. The van der Waals surface area contributed by atoms with Crippen LogP contribution in [0.4, 0.5) is 0 Å². The lowest BCUT2D eigenvalue weighted by Gasteiger charge is -2.38. The number of ether oxygens (including phenoxy) is 2. The van der Waals surface area contributed by atoms with Crippen molar-refractivity contribution < 1.29 is 24.8 Å². The van der Waals surface area contributed by atoms with Gasteiger partial charge in [0.1, 0.15) is 24.1 Å². The van der Waals surface area contributed by atoms with Gasteiger partial charge in [0.15, 0.2) is 0 Å². The summed E-state index contributed by atoms with van der Waals surface area (Å²) in [5.74, 6) is 0.541. The number of likely N-dealkylation sites (N-methyl/N-ethyl adjacent to an activating group) is 1. The van der Waals surface area contributed by atoms with Gasteiger partial charge >= 0.3 is 0 Å². The number of rotatable bonds is 7. The van der Waals surface area contributed by atoms with Crippen molar-refractivity contribution in [2.24, 2.45) is 0 Å². The first kappa shape index (κ1) is 21.1. The molecule has 1 aromatic heterocycles. The molecule has 1 aromatic carbocycles. The molecular formula is C21H32N2O5. The normalized spacial score (nSPS) is 28.4. The van der Waals surface area contributed by atoms with E-state index in [4.69, 9.17) is 9.47 Å². The highest BCUT2D eigenvalue weighted by Gasteiger charge is 2.43. The SMILES string of the molecule is CCN(CCc1c[nH]c2c(OC3OC(C)C(O)C(O)C3O)cccc12)C(C)C. The molecule has 0 aliphatic carbocycles.